The first-order valence-electron chi connectivity index (χ1n) is 8.61. The van der Waals surface area contributed by atoms with Crippen LogP contribution in [0.15, 0.2) is 16.5 Å². The molecule has 0 aromatic carbocycles. The fourth-order valence-electron chi connectivity index (χ4n) is 2.71. The Morgan fingerprint density at radius 3 is 2.19 bits per heavy atom. The molecule has 0 saturated carbocycles. The summed E-state index contributed by atoms with van der Waals surface area (Å²) in [6.45, 7) is 13.1. The van der Waals surface area contributed by atoms with Gasteiger partial charge in [0, 0.05) is 11.7 Å². The molecule has 2 aromatic rings. The molecule has 1 saturated heterocycles. The quantitative estimate of drug-likeness (QED) is 0.781. The van der Waals surface area contributed by atoms with Crippen LogP contribution in [0.2, 0.25) is 0 Å². The zero-order valence-electron chi connectivity index (χ0n) is 16.6. The Morgan fingerprint density at radius 2 is 1.67 bits per heavy atom. The van der Waals surface area contributed by atoms with E-state index >= 15 is 0 Å². The summed E-state index contributed by atoms with van der Waals surface area (Å²) in [5, 5.41) is 0.702. The summed E-state index contributed by atoms with van der Waals surface area (Å²) in [4.78, 5) is 8.52. The third-order valence-electron chi connectivity index (χ3n) is 4.98. The number of thiazole rings is 1. The maximum Gasteiger partial charge on any atom is 0.496 e. The molecule has 10 heteroatoms. The SMILES string of the molecule is Cc1nc(C)c(S(=O)(=O)Nc2cc(B3OC(C)(C)C(C)(C)O3)cnc2C)s1. The summed E-state index contributed by atoms with van der Waals surface area (Å²) in [6, 6.07) is 1.71. The average molecular weight is 409 g/mol. The fraction of sp³-hybridized carbons (Fsp3) is 0.529. The van der Waals surface area contributed by atoms with Crippen LogP contribution < -0.4 is 10.2 Å². The summed E-state index contributed by atoms with van der Waals surface area (Å²) in [6.07, 6.45) is 1.65. The molecule has 27 heavy (non-hydrogen) atoms. The van der Waals surface area contributed by atoms with Crippen LogP contribution in [0.5, 0.6) is 0 Å². The van der Waals surface area contributed by atoms with E-state index in [0.717, 1.165) is 11.3 Å². The van der Waals surface area contributed by atoms with Gasteiger partial charge in [-0.1, -0.05) is 0 Å². The molecule has 1 aliphatic heterocycles. The molecule has 0 aliphatic carbocycles. The van der Waals surface area contributed by atoms with Crippen LogP contribution in [-0.4, -0.2) is 36.7 Å². The van der Waals surface area contributed by atoms with Gasteiger partial charge in [0.25, 0.3) is 10.0 Å². The molecule has 146 valence electrons. The van der Waals surface area contributed by atoms with E-state index in [1.54, 1.807) is 33.0 Å². The van der Waals surface area contributed by atoms with Gasteiger partial charge in [-0.25, -0.2) is 13.4 Å². The molecule has 0 unspecified atom stereocenters. The lowest BCUT2D eigenvalue weighted by Gasteiger charge is -2.32. The van der Waals surface area contributed by atoms with Crippen molar-refractivity contribution in [2.45, 2.75) is 63.9 Å². The molecule has 1 aliphatic rings. The molecule has 3 heterocycles. The molecule has 7 nitrogen and oxygen atoms in total. The molecular weight excluding hydrogens is 385 g/mol. The minimum absolute atomic E-state index is 0.209. The third kappa shape index (κ3) is 3.76. The first kappa shape index (κ1) is 20.3. The van der Waals surface area contributed by atoms with Gasteiger partial charge in [0.1, 0.15) is 0 Å². The topological polar surface area (TPSA) is 90.4 Å². The molecule has 0 spiro atoms. The van der Waals surface area contributed by atoms with Gasteiger partial charge >= 0.3 is 7.12 Å². The Bertz CT molecular complexity index is 970. The number of nitrogens with zero attached hydrogens (tertiary/aromatic N) is 2. The summed E-state index contributed by atoms with van der Waals surface area (Å²) in [5.41, 5.74) is 1.14. The predicted molar refractivity (Wildman–Crippen MR) is 107 cm³/mol. The molecule has 0 radical (unpaired) electrons. The van der Waals surface area contributed by atoms with Crippen LogP contribution in [0.25, 0.3) is 0 Å². The van der Waals surface area contributed by atoms with Crippen LogP contribution >= 0.6 is 11.3 Å². The van der Waals surface area contributed by atoms with E-state index in [-0.39, 0.29) is 4.21 Å². The number of anilines is 1. The average Bonchev–Trinajstić information content (AvgIpc) is 2.97. The number of aryl methyl sites for hydroxylation is 3. The second-order valence-electron chi connectivity index (χ2n) is 7.70. The van der Waals surface area contributed by atoms with Gasteiger partial charge < -0.3 is 9.31 Å². The Morgan fingerprint density at radius 1 is 1.07 bits per heavy atom. The largest absolute Gasteiger partial charge is 0.496 e. The highest BCUT2D eigenvalue weighted by Crippen LogP contribution is 2.36. The van der Waals surface area contributed by atoms with Crippen LogP contribution in [0.3, 0.4) is 0 Å². The van der Waals surface area contributed by atoms with Crippen molar-refractivity contribution in [3.05, 3.63) is 28.7 Å². The third-order valence-corrected chi connectivity index (χ3v) is 8.03. The van der Waals surface area contributed by atoms with E-state index in [1.165, 1.54) is 0 Å². The Kier molecular flexibility index (Phi) is 4.91. The minimum Gasteiger partial charge on any atom is -0.399 e. The number of hydrogen-bond donors (Lipinski definition) is 1. The van der Waals surface area contributed by atoms with Crippen molar-refractivity contribution in [3.8, 4) is 0 Å². The van der Waals surface area contributed by atoms with Crippen molar-refractivity contribution in [2.75, 3.05) is 4.72 Å². The number of sulfonamides is 1. The van der Waals surface area contributed by atoms with Crippen LogP contribution in [-0.2, 0) is 19.3 Å². The number of rotatable bonds is 4. The monoisotopic (exact) mass is 409 g/mol. The van der Waals surface area contributed by atoms with Gasteiger partial charge in [0.15, 0.2) is 4.21 Å². The van der Waals surface area contributed by atoms with Gasteiger partial charge in [0.05, 0.1) is 33.3 Å². The first-order valence-corrected chi connectivity index (χ1v) is 10.9. The van der Waals surface area contributed by atoms with Crippen molar-refractivity contribution in [1.29, 1.82) is 0 Å². The smallest absolute Gasteiger partial charge is 0.399 e. The fourth-order valence-corrected chi connectivity index (χ4v) is 5.31. The summed E-state index contributed by atoms with van der Waals surface area (Å²) in [7, 11) is -4.36. The Hall–Kier alpha value is -1.49. The summed E-state index contributed by atoms with van der Waals surface area (Å²) in [5.74, 6) is 0. The molecule has 3 rings (SSSR count). The Labute approximate surface area is 164 Å². The van der Waals surface area contributed by atoms with Crippen molar-refractivity contribution in [2.24, 2.45) is 0 Å². The normalized spacial score (nSPS) is 18.7. The van der Waals surface area contributed by atoms with Crippen molar-refractivity contribution in [3.63, 3.8) is 0 Å². The van der Waals surface area contributed by atoms with Crippen molar-refractivity contribution in [1.82, 2.24) is 9.97 Å². The zero-order chi connectivity index (χ0) is 20.2. The molecule has 0 bridgehead atoms. The second-order valence-corrected chi connectivity index (χ2v) is 10.8. The Balaban J connectivity index is 1.92. The highest BCUT2D eigenvalue weighted by Gasteiger charge is 2.51. The lowest BCUT2D eigenvalue weighted by atomic mass is 9.80. The lowest BCUT2D eigenvalue weighted by molar-refractivity contribution is 0.00578. The molecule has 2 aromatic heterocycles. The second kappa shape index (κ2) is 6.54. The van der Waals surface area contributed by atoms with Gasteiger partial charge in [-0.15, -0.1) is 11.3 Å². The summed E-state index contributed by atoms with van der Waals surface area (Å²) >= 11 is 1.14. The lowest BCUT2D eigenvalue weighted by Crippen LogP contribution is -2.41. The number of hydrogen-bond acceptors (Lipinski definition) is 7. The first-order chi connectivity index (χ1) is 12.3. The maximum atomic E-state index is 12.8. The molecule has 1 fully saturated rings. The van der Waals surface area contributed by atoms with E-state index in [2.05, 4.69) is 14.7 Å². The zero-order valence-corrected chi connectivity index (χ0v) is 18.2. The van der Waals surface area contributed by atoms with Crippen LogP contribution in [0, 0.1) is 20.8 Å². The van der Waals surface area contributed by atoms with E-state index in [4.69, 9.17) is 9.31 Å². The van der Waals surface area contributed by atoms with Gasteiger partial charge in [-0.2, -0.15) is 0 Å². The van der Waals surface area contributed by atoms with E-state index < -0.39 is 28.3 Å². The molecule has 1 N–H and O–H groups in total. The van der Waals surface area contributed by atoms with Gasteiger partial charge in [-0.05, 0) is 54.5 Å². The van der Waals surface area contributed by atoms with Crippen LogP contribution in [0.4, 0.5) is 5.69 Å². The number of aromatic nitrogens is 2. The van der Waals surface area contributed by atoms with Gasteiger partial charge in [0.2, 0.25) is 0 Å². The standard InChI is InChI=1S/C17H24BN3O4S2/c1-10-14(21-27(22,23)15-11(2)20-12(3)26-15)8-13(9-19-10)18-24-16(4,5)17(6,7)25-18/h8-9,21H,1-7H3. The molecule has 0 amide bonds. The van der Waals surface area contributed by atoms with Crippen molar-refractivity contribution >= 4 is 39.6 Å². The van der Waals surface area contributed by atoms with Gasteiger partial charge in [-0.3, -0.25) is 9.71 Å². The van der Waals surface area contributed by atoms with E-state index in [1.807, 2.05) is 27.7 Å². The van der Waals surface area contributed by atoms with Crippen molar-refractivity contribution < 1.29 is 17.7 Å². The minimum atomic E-state index is -3.75. The molecular formula is C17H24BN3O4S2. The van der Waals surface area contributed by atoms with E-state index in [0.29, 0.717) is 27.5 Å². The van der Waals surface area contributed by atoms with E-state index in [9.17, 15) is 8.42 Å². The number of nitrogens with one attached hydrogen (secondary N) is 1. The maximum absolute atomic E-state index is 12.8. The predicted octanol–water partition coefficient (Wildman–Crippen LogP) is 2.56. The summed E-state index contributed by atoms with van der Waals surface area (Å²) < 4.78 is 40.5. The highest BCUT2D eigenvalue weighted by atomic mass is 32.2. The highest BCUT2D eigenvalue weighted by molar-refractivity contribution is 7.94. The molecule has 0 atom stereocenters. The van der Waals surface area contributed by atoms with Crippen LogP contribution in [0.1, 0.15) is 44.1 Å². The number of pyridine rings is 1.